The number of hydrogen-bond donors (Lipinski definition) is 1. The second-order valence-corrected chi connectivity index (χ2v) is 7.01. The Labute approximate surface area is 120 Å². The Balaban J connectivity index is 2.11. The van der Waals surface area contributed by atoms with Crippen molar-refractivity contribution in [3.05, 3.63) is 29.8 Å². The number of rotatable bonds is 4. The molecule has 0 radical (unpaired) electrons. The number of benzene rings is 1. The number of anilines is 1. The highest BCUT2D eigenvalue weighted by molar-refractivity contribution is 7.88. The van der Waals surface area contributed by atoms with E-state index in [0.29, 0.717) is 13.0 Å². The third kappa shape index (κ3) is 3.37. The molecule has 1 aromatic rings. The van der Waals surface area contributed by atoms with Gasteiger partial charge in [0.25, 0.3) is 0 Å². The summed E-state index contributed by atoms with van der Waals surface area (Å²) in [5.41, 5.74) is 1.85. The Hall–Kier alpha value is -1.40. The highest BCUT2D eigenvalue weighted by Crippen LogP contribution is 2.22. The van der Waals surface area contributed by atoms with Gasteiger partial charge in [0.15, 0.2) is 0 Å². The van der Waals surface area contributed by atoms with Gasteiger partial charge in [0.1, 0.15) is 6.04 Å². The minimum Gasteiger partial charge on any atom is -0.325 e. The highest BCUT2D eigenvalue weighted by atomic mass is 32.2. The van der Waals surface area contributed by atoms with Crippen LogP contribution in [0.25, 0.3) is 0 Å². The Bertz CT molecular complexity index is 598. The van der Waals surface area contributed by atoms with Crippen molar-refractivity contribution in [2.45, 2.75) is 32.2 Å². The fourth-order valence-corrected chi connectivity index (χ4v) is 3.62. The molecule has 0 saturated carbocycles. The average molecular weight is 296 g/mol. The summed E-state index contributed by atoms with van der Waals surface area (Å²) >= 11 is 0. The molecule has 1 fully saturated rings. The number of carbonyl (C=O) groups is 1. The molecule has 0 bridgehead atoms. The molecule has 1 heterocycles. The molecule has 1 aromatic carbocycles. The van der Waals surface area contributed by atoms with E-state index in [0.717, 1.165) is 30.3 Å². The van der Waals surface area contributed by atoms with Crippen LogP contribution in [0.5, 0.6) is 0 Å². The number of aryl methyl sites for hydroxylation is 1. The molecule has 20 heavy (non-hydrogen) atoms. The van der Waals surface area contributed by atoms with Crippen molar-refractivity contribution in [3.8, 4) is 0 Å². The summed E-state index contributed by atoms with van der Waals surface area (Å²) in [4.78, 5) is 12.3. The van der Waals surface area contributed by atoms with Gasteiger partial charge in [-0.15, -0.1) is 0 Å². The standard InChI is InChI=1S/C14H20N2O3S/c1-3-11-6-4-7-12(10-11)15-14(17)13-8-5-9-16(13)20(2,18)19/h4,6-7,10,13H,3,5,8-9H2,1-2H3,(H,15,17)/t13-/m1/s1. The molecular weight excluding hydrogens is 276 g/mol. The van der Waals surface area contributed by atoms with E-state index in [1.165, 1.54) is 4.31 Å². The largest absolute Gasteiger partial charge is 0.325 e. The smallest absolute Gasteiger partial charge is 0.242 e. The molecule has 0 aromatic heterocycles. The number of nitrogens with zero attached hydrogens (tertiary/aromatic N) is 1. The zero-order chi connectivity index (χ0) is 14.8. The van der Waals surface area contributed by atoms with Gasteiger partial charge in [-0.1, -0.05) is 19.1 Å². The molecule has 0 spiro atoms. The van der Waals surface area contributed by atoms with Crippen LogP contribution in [-0.2, 0) is 21.2 Å². The molecule has 0 aliphatic carbocycles. The van der Waals surface area contributed by atoms with Gasteiger partial charge in [0, 0.05) is 12.2 Å². The lowest BCUT2D eigenvalue weighted by atomic mass is 10.1. The molecule has 2 rings (SSSR count). The van der Waals surface area contributed by atoms with Crippen LogP contribution in [0.2, 0.25) is 0 Å². The van der Waals surface area contributed by atoms with Crippen LogP contribution in [0.3, 0.4) is 0 Å². The van der Waals surface area contributed by atoms with Gasteiger partial charge in [-0.3, -0.25) is 4.79 Å². The van der Waals surface area contributed by atoms with E-state index in [9.17, 15) is 13.2 Å². The summed E-state index contributed by atoms with van der Waals surface area (Å²) in [5, 5.41) is 2.82. The predicted octanol–water partition coefficient (Wildman–Crippen LogP) is 1.61. The Kier molecular flexibility index (Phi) is 4.45. The van der Waals surface area contributed by atoms with Crippen molar-refractivity contribution in [2.75, 3.05) is 18.1 Å². The Morgan fingerprint density at radius 1 is 1.45 bits per heavy atom. The van der Waals surface area contributed by atoms with Crippen molar-refractivity contribution in [1.29, 1.82) is 0 Å². The molecule has 1 N–H and O–H groups in total. The van der Waals surface area contributed by atoms with Crippen LogP contribution in [0.1, 0.15) is 25.3 Å². The highest BCUT2D eigenvalue weighted by Gasteiger charge is 2.36. The summed E-state index contributed by atoms with van der Waals surface area (Å²) < 4.78 is 24.6. The maximum absolute atomic E-state index is 12.3. The summed E-state index contributed by atoms with van der Waals surface area (Å²) in [6, 6.07) is 7.02. The SMILES string of the molecule is CCc1cccc(NC(=O)[C@H]2CCCN2S(C)(=O)=O)c1. The molecule has 1 aliphatic heterocycles. The van der Waals surface area contributed by atoms with Crippen molar-refractivity contribution >= 4 is 21.6 Å². The van der Waals surface area contributed by atoms with E-state index in [-0.39, 0.29) is 5.91 Å². The van der Waals surface area contributed by atoms with Gasteiger partial charge in [0.2, 0.25) is 15.9 Å². The van der Waals surface area contributed by atoms with Gasteiger partial charge >= 0.3 is 0 Å². The lowest BCUT2D eigenvalue weighted by Crippen LogP contribution is -2.42. The fraction of sp³-hybridized carbons (Fsp3) is 0.500. The monoisotopic (exact) mass is 296 g/mol. The summed E-state index contributed by atoms with van der Waals surface area (Å²) in [6.07, 6.45) is 3.34. The second-order valence-electron chi connectivity index (χ2n) is 5.07. The van der Waals surface area contributed by atoms with Crippen LogP contribution in [-0.4, -0.2) is 37.5 Å². The van der Waals surface area contributed by atoms with Crippen molar-refractivity contribution in [1.82, 2.24) is 4.31 Å². The number of hydrogen-bond acceptors (Lipinski definition) is 3. The Morgan fingerprint density at radius 3 is 2.85 bits per heavy atom. The molecule has 110 valence electrons. The van der Waals surface area contributed by atoms with E-state index in [1.807, 2.05) is 31.2 Å². The number of amides is 1. The molecule has 5 nitrogen and oxygen atoms in total. The van der Waals surface area contributed by atoms with Crippen LogP contribution < -0.4 is 5.32 Å². The van der Waals surface area contributed by atoms with Crippen LogP contribution in [0.15, 0.2) is 24.3 Å². The van der Waals surface area contributed by atoms with Crippen molar-refractivity contribution in [2.24, 2.45) is 0 Å². The molecule has 6 heteroatoms. The normalized spacial score (nSPS) is 20.0. The quantitative estimate of drug-likeness (QED) is 0.918. The first kappa shape index (κ1) is 15.0. The summed E-state index contributed by atoms with van der Waals surface area (Å²) in [6.45, 7) is 2.47. The number of sulfonamides is 1. The molecule has 0 unspecified atom stereocenters. The van der Waals surface area contributed by atoms with E-state index in [1.54, 1.807) is 0 Å². The summed E-state index contributed by atoms with van der Waals surface area (Å²) in [5.74, 6) is -0.249. The van der Waals surface area contributed by atoms with Crippen LogP contribution in [0, 0.1) is 0 Å². The summed E-state index contributed by atoms with van der Waals surface area (Å²) in [7, 11) is -3.33. The van der Waals surface area contributed by atoms with Gasteiger partial charge in [-0.2, -0.15) is 4.31 Å². The fourth-order valence-electron chi connectivity index (χ4n) is 2.49. The lowest BCUT2D eigenvalue weighted by molar-refractivity contribution is -0.119. The van der Waals surface area contributed by atoms with Gasteiger partial charge in [0.05, 0.1) is 6.26 Å². The second kappa shape index (κ2) is 5.93. The first-order valence-electron chi connectivity index (χ1n) is 6.78. The van der Waals surface area contributed by atoms with Gasteiger partial charge < -0.3 is 5.32 Å². The predicted molar refractivity (Wildman–Crippen MR) is 79.0 cm³/mol. The Morgan fingerprint density at radius 2 is 2.20 bits per heavy atom. The molecule has 1 aliphatic rings. The molecule has 1 amide bonds. The van der Waals surface area contributed by atoms with E-state index >= 15 is 0 Å². The van der Waals surface area contributed by atoms with Gasteiger partial charge in [-0.05, 0) is 37.0 Å². The molecule has 1 atom stereocenters. The average Bonchev–Trinajstić information content (AvgIpc) is 2.88. The topological polar surface area (TPSA) is 66.5 Å². The first-order chi connectivity index (χ1) is 9.41. The van der Waals surface area contributed by atoms with E-state index < -0.39 is 16.1 Å². The maximum atomic E-state index is 12.3. The number of carbonyl (C=O) groups excluding carboxylic acids is 1. The first-order valence-corrected chi connectivity index (χ1v) is 8.63. The zero-order valence-electron chi connectivity index (χ0n) is 11.8. The van der Waals surface area contributed by atoms with Crippen LogP contribution in [0.4, 0.5) is 5.69 Å². The zero-order valence-corrected chi connectivity index (χ0v) is 12.6. The van der Waals surface area contributed by atoms with Gasteiger partial charge in [-0.25, -0.2) is 8.42 Å². The van der Waals surface area contributed by atoms with Crippen molar-refractivity contribution in [3.63, 3.8) is 0 Å². The van der Waals surface area contributed by atoms with Crippen LogP contribution >= 0.6 is 0 Å². The maximum Gasteiger partial charge on any atom is 0.242 e. The third-order valence-corrected chi connectivity index (χ3v) is 4.82. The molecular formula is C14H20N2O3S. The minimum absolute atomic E-state index is 0.249. The molecule has 1 saturated heterocycles. The van der Waals surface area contributed by atoms with E-state index in [2.05, 4.69) is 5.32 Å². The van der Waals surface area contributed by atoms with Crippen molar-refractivity contribution < 1.29 is 13.2 Å². The number of nitrogens with one attached hydrogen (secondary N) is 1. The minimum atomic E-state index is -3.33. The lowest BCUT2D eigenvalue weighted by Gasteiger charge is -2.21. The van der Waals surface area contributed by atoms with E-state index in [4.69, 9.17) is 0 Å². The third-order valence-electron chi connectivity index (χ3n) is 3.54.